The zero-order chi connectivity index (χ0) is 15.3. The fourth-order valence-corrected chi connectivity index (χ4v) is 1.21. The molecule has 1 amide bonds. The highest BCUT2D eigenvalue weighted by Crippen LogP contribution is 2.20. The van der Waals surface area contributed by atoms with Crippen LogP contribution in [0.1, 0.15) is 31.3 Å². The summed E-state index contributed by atoms with van der Waals surface area (Å²) in [5.41, 5.74) is -0.718. The molecule has 0 aliphatic carbocycles. The van der Waals surface area contributed by atoms with Gasteiger partial charge in [-0.2, -0.15) is 0 Å². The average molecular weight is 283 g/mol. The quantitative estimate of drug-likeness (QED) is 0.841. The number of nitrogens with one attached hydrogen (secondary N) is 1. The van der Waals surface area contributed by atoms with Gasteiger partial charge in [0.1, 0.15) is 5.60 Å². The van der Waals surface area contributed by atoms with Crippen molar-refractivity contribution >= 4 is 17.9 Å². The van der Waals surface area contributed by atoms with Gasteiger partial charge < -0.3 is 14.2 Å². The van der Waals surface area contributed by atoms with Gasteiger partial charge in [-0.15, -0.1) is 0 Å². The molecule has 0 aromatic carbocycles. The third-order valence-electron chi connectivity index (χ3n) is 1.95. The molecule has 0 atom stereocenters. The number of esters is 1. The lowest BCUT2D eigenvalue weighted by atomic mass is 10.2. The molecular weight excluding hydrogens is 266 g/mol. The smallest absolute Gasteiger partial charge is 0.413 e. The van der Waals surface area contributed by atoms with Crippen LogP contribution >= 0.6 is 0 Å². The summed E-state index contributed by atoms with van der Waals surface area (Å²) in [4.78, 5) is 30.8. The Balaban J connectivity index is 2.97. The first-order chi connectivity index (χ1) is 9.26. The number of nitrogens with zero attached hydrogens (tertiary/aromatic N) is 2. The molecule has 20 heavy (non-hydrogen) atoms. The van der Waals surface area contributed by atoms with Crippen molar-refractivity contribution in [2.75, 3.05) is 19.5 Å². The average Bonchev–Trinajstić information content (AvgIpc) is 2.35. The van der Waals surface area contributed by atoms with Crippen LogP contribution in [0.25, 0.3) is 0 Å². The number of anilines is 1. The molecule has 8 nitrogen and oxygen atoms in total. The van der Waals surface area contributed by atoms with Crippen molar-refractivity contribution in [2.45, 2.75) is 26.4 Å². The van der Waals surface area contributed by atoms with Crippen molar-refractivity contribution in [2.24, 2.45) is 0 Å². The van der Waals surface area contributed by atoms with Gasteiger partial charge in [0.05, 0.1) is 20.4 Å². The van der Waals surface area contributed by atoms with Gasteiger partial charge in [-0.1, -0.05) is 0 Å². The van der Waals surface area contributed by atoms with Crippen molar-refractivity contribution in [3.05, 3.63) is 11.9 Å². The van der Waals surface area contributed by atoms with Gasteiger partial charge in [0.2, 0.25) is 0 Å². The largest absolute Gasteiger partial charge is 0.478 e. The second-order valence-electron chi connectivity index (χ2n) is 4.73. The summed E-state index contributed by atoms with van der Waals surface area (Å²) < 4.78 is 14.6. The number of aromatic nitrogens is 2. The Bertz CT molecular complexity index is 510. The Labute approximate surface area is 116 Å². The number of ether oxygens (including phenoxy) is 3. The standard InChI is InChI=1S/C12H17N3O5/c1-12(2,3)20-11(17)15-8-9(18-4)13-6-7(14-8)10(16)19-5/h6H,1-5H3,(H,14,15,17). The SMILES string of the molecule is COC(=O)c1cnc(OC)c(NC(=O)OC(C)(C)C)n1. The van der Waals surface area contributed by atoms with E-state index in [1.807, 2.05) is 0 Å². The molecule has 0 spiro atoms. The molecule has 1 aromatic rings. The number of amides is 1. The van der Waals surface area contributed by atoms with Gasteiger partial charge >= 0.3 is 12.1 Å². The molecule has 1 aromatic heterocycles. The highest BCUT2D eigenvalue weighted by atomic mass is 16.6. The van der Waals surface area contributed by atoms with E-state index < -0.39 is 17.7 Å². The number of methoxy groups -OCH3 is 2. The van der Waals surface area contributed by atoms with E-state index in [4.69, 9.17) is 9.47 Å². The molecule has 0 fully saturated rings. The molecule has 0 saturated carbocycles. The fourth-order valence-electron chi connectivity index (χ4n) is 1.21. The maximum Gasteiger partial charge on any atom is 0.413 e. The number of carbonyl (C=O) groups excluding carboxylic acids is 2. The minimum absolute atomic E-state index is 0.0235. The first-order valence-electron chi connectivity index (χ1n) is 5.76. The molecule has 0 saturated heterocycles. The Morgan fingerprint density at radius 1 is 1.25 bits per heavy atom. The summed E-state index contributed by atoms with van der Waals surface area (Å²) in [7, 11) is 2.58. The topological polar surface area (TPSA) is 99.6 Å². The van der Waals surface area contributed by atoms with Crippen LogP contribution in [0.2, 0.25) is 0 Å². The zero-order valence-electron chi connectivity index (χ0n) is 12.0. The Morgan fingerprint density at radius 2 is 1.90 bits per heavy atom. The van der Waals surface area contributed by atoms with E-state index in [0.717, 1.165) is 0 Å². The summed E-state index contributed by atoms with van der Waals surface area (Å²) in [5, 5.41) is 2.37. The molecule has 1 rings (SSSR count). The lowest BCUT2D eigenvalue weighted by Gasteiger charge is -2.19. The van der Waals surface area contributed by atoms with Crippen molar-refractivity contribution in [1.82, 2.24) is 9.97 Å². The first kappa shape index (κ1) is 15.7. The monoisotopic (exact) mass is 283 g/mol. The molecule has 0 radical (unpaired) electrons. The number of rotatable bonds is 3. The van der Waals surface area contributed by atoms with Crippen LogP contribution in [0.4, 0.5) is 10.6 Å². The van der Waals surface area contributed by atoms with Crippen molar-refractivity contribution in [3.8, 4) is 5.88 Å². The summed E-state index contributed by atoms with van der Waals surface area (Å²) in [6.45, 7) is 5.17. The summed E-state index contributed by atoms with van der Waals surface area (Å²) in [6.07, 6.45) is 0.456. The Kier molecular flexibility index (Phi) is 4.84. The Hall–Kier alpha value is -2.38. The molecule has 0 aliphatic rings. The summed E-state index contributed by atoms with van der Waals surface area (Å²) in [6, 6.07) is 0. The van der Waals surface area contributed by atoms with Crippen LogP contribution < -0.4 is 10.1 Å². The first-order valence-corrected chi connectivity index (χ1v) is 5.76. The molecule has 0 unspecified atom stereocenters. The van der Waals surface area contributed by atoms with E-state index in [1.165, 1.54) is 20.4 Å². The van der Waals surface area contributed by atoms with Gasteiger partial charge in [0, 0.05) is 0 Å². The van der Waals surface area contributed by atoms with E-state index >= 15 is 0 Å². The summed E-state index contributed by atoms with van der Waals surface area (Å²) >= 11 is 0. The predicted molar refractivity (Wildman–Crippen MR) is 69.8 cm³/mol. The van der Waals surface area contributed by atoms with Gasteiger partial charge in [-0.3, -0.25) is 5.32 Å². The second-order valence-corrected chi connectivity index (χ2v) is 4.73. The van der Waals surface area contributed by atoms with E-state index in [0.29, 0.717) is 0 Å². The van der Waals surface area contributed by atoms with Crippen molar-refractivity contribution in [3.63, 3.8) is 0 Å². The van der Waals surface area contributed by atoms with Crippen LogP contribution in [0.3, 0.4) is 0 Å². The third kappa shape index (κ3) is 4.38. The number of carbonyl (C=O) groups is 2. The molecule has 0 bridgehead atoms. The van der Waals surface area contributed by atoms with Gasteiger partial charge in [-0.05, 0) is 20.8 Å². The minimum Gasteiger partial charge on any atom is -0.478 e. The number of hydrogen-bond acceptors (Lipinski definition) is 7. The fraction of sp³-hybridized carbons (Fsp3) is 0.500. The minimum atomic E-state index is -0.730. The molecule has 0 aliphatic heterocycles. The van der Waals surface area contributed by atoms with Crippen LogP contribution in [-0.2, 0) is 9.47 Å². The third-order valence-corrected chi connectivity index (χ3v) is 1.95. The molecular formula is C12H17N3O5. The summed E-state index contributed by atoms with van der Waals surface area (Å²) in [5.74, 6) is -0.638. The van der Waals surface area contributed by atoms with E-state index in [1.54, 1.807) is 20.8 Å². The molecule has 1 heterocycles. The van der Waals surface area contributed by atoms with E-state index in [9.17, 15) is 9.59 Å². The normalized spacial score (nSPS) is 10.7. The maximum absolute atomic E-state index is 11.7. The van der Waals surface area contributed by atoms with Crippen LogP contribution in [-0.4, -0.2) is 41.9 Å². The van der Waals surface area contributed by atoms with Gasteiger partial charge in [-0.25, -0.2) is 19.6 Å². The van der Waals surface area contributed by atoms with Gasteiger partial charge in [0.25, 0.3) is 5.88 Å². The lowest BCUT2D eigenvalue weighted by molar-refractivity contribution is 0.0588. The highest BCUT2D eigenvalue weighted by molar-refractivity contribution is 5.89. The molecule has 8 heteroatoms. The van der Waals surface area contributed by atoms with Crippen LogP contribution in [0, 0.1) is 0 Å². The Morgan fingerprint density at radius 3 is 2.40 bits per heavy atom. The van der Waals surface area contributed by atoms with E-state index in [-0.39, 0.29) is 17.4 Å². The predicted octanol–water partition coefficient (Wildman–Crippen LogP) is 1.62. The van der Waals surface area contributed by atoms with Crippen molar-refractivity contribution < 1.29 is 23.8 Å². The molecule has 1 N–H and O–H groups in total. The molecule has 110 valence electrons. The van der Waals surface area contributed by atoms with E-state index in [2.05, 4.69) is 20.0 Å². The van der Waals surface area contributed by atoms with Crippen molar-refractivity contribution in [1.29, 1.82) is 0 Å². The zero-order valence-corrected chi connectivity index (χ0v) is 12.0. The lowest BCUT2D eigenvalue weighted by Crippen LogP contribution is -2.28. The van der Waals surface area contributed by atoms with Crippen LogP contribution in [0.5, 0.6) is 5.88 Å². The van der Waals surface area contributed by atoms with Gasteiger partial charge in [0.15, 0.2) is 11.5 Å². The second kappa shape index (κ2) is 6.18. The highest BCUT2D eigenvalue weighted by Gasteiger charge is 2.20. The maximum atomic E-state index is 11.7. The number of hydrogen-bond donors (Lipinski definition) is 1. The van der Waals surface area contributed by atoms with Crippen LogP contribution in [0.15, 0.2) is 6.20 Å².